The fourth-order valence-electron chi connectivity index (χ4n) is 3.58. The first kappa shape index (κ1) is 22.5. The van der Waals surface area contributed by atoms with E-state index in [9.17, 15) is 14.8 Å². The van der Waals surface area contributed by atoms with Crippen molar-refractivity contribution in [3.8, 4) is 0 Å². The second-order valence-corrected chi connectivity index (χ2v) is 8.22. The molecule has 0 spiro atoms. The zero-order chi connectivity index (χ0) is 22.4. The Balaban J connectivity index is 1.99. The Labute approximate surface area is 188 Å². The predicted octanol–water partition coefficient (Wildman–Crippen LogP) is 4.79. The van der Waals surface area contributed by atoms with Crippen molar-refractivity contribution in [3.63, 3.8) is 0 Å². The van der Waals surface area contributed by atoms with E-state index in [0.29, 0.717) is 17.7 Å². The van der Waals surface area contributed by atoms with Crippen molar-refractivity contribution in [1.82, 2.24) is 4.57 Å². The number of aryl methyl sites for hydroxylation is 2. The molecule has 0 aliphatic heterocycles. The lowest BCUT2D eigenvalue weighted by atomic mass is 9.83. The highest BCUT2D eigenvalue weighted by Gasteiger charge is 2.20. The van der Waals surface area contributed by atoms with E-state index in [4.69, 9.17) is 5.11 Å². The average Bonchev–Trinajstić information content (AvgIpc) is 2.76. The van der Waals surface area contributed by atoms with E-state index in [1.165, 1.54) is 10.6 Å². The van der Waals surface area contributed by atoms with Crippen LogP contribution in [-0.2, 0) is 11.3 Å². The van der Waals surface area contributed by atoms with E-state index in [1.54, 1.807) is 12.3 Å². The van der Waals surface area contributed by atoms with Crippen molar-refractivity contribution in [2.24, 2.45) is 5.16 Å². The third-order valence-electron chi connectivity index (χ3n) is 5.24. The van der Waals surface area contributed by atoms with Crippen molar-refractivity contribution in [2.45, 2.75) is 32.2 Å². The van der Waals surface area contributed by atoms with Crippen LogP contribution in [0, 0.1) is 6.92 Å². The highest BCUT2D eigenvalue weighted by Crippen LogP contribution is 2.32. The van der Waals surface area contributed by atoms with Crippen LogP contribution >= 0.6 is 15.9 Å². The molecular weight excluding hydrogens is 460 g/mol. The smallest absolute Gasteiger partial charge is 0.305 e. The largest absolute Gasteiger partial charge is 0.481 e. The van der Waals surface area contributed by atoms with Crippen molar-refractivity contribution < 1.29 is 15.1 Å². The summed E-state index contributed by atoms with van der Waals surface area (Å²) in [7, 11) is 0. The van der Waals surface area contributed by atoms with Gasteiger partial charge in [-0.2, -0.15) is 0 Å². The molecule has 0 amide bonds. The van der Waals surface area contributed by atoms with Crippen LogP contribution in [0.1, 0.15) is 41.0 Å². The molecule has 1 aromatic heterocycles. The molecule has 0 saturated heterocycles. The van der Waals surface area contributed by atoms with E-state index in [1.807, 2.05) is 49.4 Å². The Morgan fingerprint density at radius 1 is 1.10 bits per heavy atom. The van der Waals surface area contributed by atoms with Gasteiger partial charge in [0.1, 0.15) is 0 Å². The average molecular weight is 483 g/mol. The summed E-state index contributed by atoms with van der Waals surface area (Å²) in [6.07, 6.45) is 1.79. The molecule has 160 valence electrons. The lowest BCUT2D eigenvalue weighted by Gasteiger charge is -2.21. The van der Waals surface area contributed by atoms with Gasteiger partial charge in [-0.05, 0) is 41.8 Å². The number of aromatic nitrogens is 1. The molecule has 0 saturated carbocycles. The topological polar surface area (TPSA) is 91.9 Å². The minimum absolute atomic E-state index is 0.0502. The molecule has 3 rings (SSSR count). The lowest BCUT2D eigenvalue weighted by Crippen LogP contribution is -2.22. The lowest BCUT2D eigenvalue weighted by molar-refractivity contribution is -0.137. The van der Waals surface area contributed by atoms with Gasteiger partial charge in [-0.25, -0.2) is 0 Å². The minimum atomic E-state index is -0.983. The number of carboxylic acid groups (broad SMARTS) is 1. The quantitative estimate of drug-likeness (QED) is 0.274. The summed E-state index contributed by atoms with van der Waals surface area (Å²) >= 11 is 3.47. The number of oxime groups is 1. The summed E-state index contributed by atoms with van der Waals surface area (Å²) in [5.41, 5.74) is 4.00. The summed E-state index contributed by atoms with van der Waals surface area (Å²) < 4.78 is 2.30. The highest BCUT2D eigenvalue weighted by molar-refractivity contribution is 9.10. The summed E-state index contributed by atoms with van der Waals surface area (Å²) in [6, 6.07) is 19.1. The number of benzene rings is 2. The molecule has 2 N–H and O–H groups in total. The number of halogens is 1. The third kappa shape index (κ3) is 5.70. The molecule has 2 aromatic carbocycles. The SMILES string of the molecule is Cc1ccccc1C(C/C(=N/O)c1ccc(=O)n(CCC(=O)O)c1)c1ccc(Br)cc1. The molecule has 1 heterocycles. The highest BCUT2D eigenvalue weighted by atomic mass is 79.9. The van der Waals surface area contributed by atoms with Crippen LogP contribution in [0.15, 0.2) is 81.3 Å². The number of hydrogen-bond donors (Lipinski definition) is 2. The molecular formula is C24H23BrN2O4. The molecule has 0 bridgehead atoms. The molecule has 31 heavy (non-hydrogen) atoms. The van der Waals surface area contributed by atoms with Crippen LogP contribution in [0.2, 0.25) is 0 Å². The fraction of sp³-hybridized carbons (Fsp3) is 0.208. The molecule has 3 aromatic rings. The van der Waals surface area contributed by atoms with Gasteiger partial charge in [0.2, 0.25) is 0 Å². The van der Waals surface area contributed by atoms with E-state index >= 15 is 0 Å². The number of nitrogens with zero attached hydrogens (tertiary/aromatic N) is 2. The van der Waals surface area contributed by atoms with Crippen molar-refractivity contribution in [2.75, 3.05) is 0 Å². The van der Waals surface area contributed by atoms with Gasteiger partial charge in [0, 0.05) is 41.2 Å². The molecule has 0 aliphatic carbocycles. The summed E-state index contributed by atoms with van der Waals surface area (Å²) in [6.45, 7) is 2.09. The monoisotopic (exact) mass is 482 g/mol. The standard InChI is InChI=1S/C24H23BrN2O4/c1-16-4-2-3-5-20(16)21(17-6-9-19(25)10-7-17)14-22(26-31)18-8-11-23(28)27(15-18)13-12-24(29)30/h2-11,15,21,31H,12-14H2,1H3,(H,29,30)/b26-22-. The van der Waals surface area contributed by atoms with E-state index in [2.05, 4.69) is 27.2 Å². The van der Waals surface area contributed by atoms with Crippen molar-refractivity contribution in [1.29, 1.82) is 0 Å². The molecule has 0 aliphatic rings. The number of rotatable bonds is 8. The van der Waals surface area contributed by atoms with Crippen LogP contribution in [0.4, 0.5) is 0 Å². The van der Waals surface area contributed by atoms with E-state index in [-0.39, 0.29) is 24.4 Å². The third-order valence-corrected chi connectivity index (χ3v) is 5.77. The van der Waals surface area contributed by atoms with Gasteiger partial charge < -0.3 is 14.9 Å². The number of carbonyl (C=O) groups is 1. The molecule has 0 radical (unpaired) electrons. The number of pyridine rings is 1. The normalized spacial score (nSPS) is 12.5. The summed E-state index contributed by atoms with van der Waals surface area (Å²) in [5, 5.41) is 22.3. The van der Waals surface area contributed by atoms with Crippen LogP contribution in [-0.4, -0.2) is 26.6 Å². The molecule has 7 heteroatoms. The second kappa shape index (κ2) is 10.2. The Morgan fingerprint density at radius 2 is 1.81 bits per heavy atom. The van der Waals surface area contributed by atoms with E-state index < -0.39 is 5.97 Å². The minimum Gasteiger partial charge on any atom is -0.481 e. The van der Waals surface area contributed by atoms with Gasteiger partial charge in [-0.15, -0.1) is 0 Å². The van der Waals surface area contributed by atoms with Crippen LogP contribution in [0.25, 0.3) is 0 Å². The van der Waals surface area contributed by atoms with Gasteiger partial charge >= 0.3 is 5.97 Å². The van der Waals surface area contributed by atoms with Crippen molar-refractivity contribution in [3.05, 3.63) is 104 Å². The van der Waals surface area contributed by atoms with Crippen LogP contribution in [0.5, 0.6) is 0 Å². The molecule has 0 fully saturated rings. The van der Waals surface area contributed by atoms with Gasteiger partial charge in [0.25, 0.3) is 5.56 Å². The van der Waals surface area contributed by atoms with Gasteiger partial charge in [-0.3, -0.25) is 9.59 Å². The second-order valence-electron chi connectivity index (χ2n) is 7.30. The zero-order valence-electron chi connectivity index (χ0n) is 17.0. The Bertz CT molecular complexity index is 1150. The first-order chi connectivity index (χ1) is 14.9. The number of aliphatic carboxylic acids is 1. The Morgan fingerprint density at radius 3 is 2.45 bits per heavy atom. The van der Waals surface area contributed by atoms with Gasteiger partial charge in [-0.1, -0.05) is 57.5 Å². The Kier molecular flexibility index (Phi) is 7.41. The maximum atomic E-state index is 12.1. The predicted molar refractivity (Wildman–Crippen MR) is 123 cm³/mol. The maximum Gasteiger partial charge on any atom is 0.305 e. The number of hydrogen-bond acceptors (Lipinski definition) is 4. The first-order valence-electron chi connectivity index (χ1n) is 9.83. The van der Waals surface area contributed by atoms with Crippen molar-refractivity contribution >= 4 is 27.6 Å². The summed E-state index contributed by atoms with van der Waals surface area (Å²) in [5.74, 6) is -1.05. The fourth-order valence-corrected chi connectivity index (χ4v) is 3.85. The maximum absolute atomic E-state index is 12.1. The van der Waals surface area contributed by atoms with Gasteiger partial charge in [0.15, 0.2) is 0 Å². The van der Waals surface area contributed by atoms with E-state index in [0.717, 1.165) is 21.2 Å². The first-order valence-corrected chi connectivity index (χ1v) is 10.6. The molecule has 1 unspecified atom stereocenters. The number of carboxylic acids is 1. The zero-order valence-corrected chi connectivity index (χ0v) is 18.6. The van der Waals surface area contributed by atoms with Crippen LogP contribution in [0.3, 0.4) is 0 Å². The van der Waals surface area contributed by atoms with Crippen LogP contribution < -0.4 is 5.56 Å². The summed E-state index contributed by atoms with van der Waals surface area (Å²) in [4.78, 5) is 23.0. The Hall–Kier alpha value is -3.19. The van der Waals surface area contributed by atoms with Gasteiger partial charge in [0.05, 0.1) is 12.1 Å². The molecule has 1 atom stereocenters. The molecule has 6 nitrogen and oxygen atoms in total.